The van der Waals surface area contributed by atoms with Crippen molar-refractivity contribution in [2.75, 3.05) is 32.1 Å². The Hall–Kier alpha value is -0.770. The molecule has 0 aromatic heterocycles. The molecule has 3 nitrogen and oxygen atoms in total. The highest BCUT2D eigenvalue weighted by atomic mass is 35.5. The summed E-state index contributed by atoms with van der Waals surface area (Å²) in [7, 11) is 3.83. The standard InChI is InChI=1S/C11H17ClN2O/c1-13-8-9-10(12)4-3-5-11(9)14(2)6-7-15/h3-5,13,15H,6-8H2,1-2H3. The molecule has 0 aliphatic heterocycles. The normalized spacial score (nSPS) is 10.4. The van der Waals surface area contributed by atoms with Crippen molar-refractivity contribution in [3.63, 3.8) is 0 Å². The molecule has 0 aliphatic rings. The van der Waals surface area contributed by atoms with Crippen LogP contribution in [0.25, 0.3) is 0 Å². The maximum absolute atomic E-state index is 8.90. The van der Waals surface area contributed by atoms with Crippen LogP contribution in [0.2, 0.25) is 5.02 Å². The van der Waals surface area contributed by atoms with Gasteiger partial charge in [0.2, 0.25) is 0 Å². The number of nitrogens with zero attached hydrogens (tertiary/aromatic N) is 1. The quantitative estimate of drug-likeness (QED) is 0.802. The zero-order valence-corrected chi connectivity index (χ0v) is 9.88. The second-order valence-corrected chi connectivity index (χ2v) is 3.82. The molecule has 0 saturated heterocycles. The number of nitrogens with one attached hydrogen (secondary N) is 1. The minimum atomic E-state index is 0.141. The molecule has 0 fully saturated rings. The summed E-state index contributed by atoms with van der Waals surface area (Å²) in [6, 6.07) is 5.81. The summed E-state index contributed by atoms with van der Waals surface area (Å²) in [6.45, 7) is 1.48. The Bertz CT molecular complexity index is 317. The van der Waals surface area contributed by atoms with E-state index in [1.165, 1.54) is 0 Å². The fourth-order valence-electron chi connectivity index (χ4n) is 1.53. The van der Waals surface area contributed by atoms with E-state index < -0.39 is 0 Å². The number of aliphatic hydroxyl groups is 1. The summed E-state index contributed by atoms with van der Waals surface area (Å²) in [5.41, 5.74) is 2.13. The molecule has 0 bridgehead atoms. The number of hydrogen-bond donors (Lipinski definition) is 2. The number of halogens is 1. The first-order valence-electron chi connectivity index (χ1n) is 4.94. The first-order valence-corrected chi connectivity index (χ1v) is 5.32. The zero-order chi connectivity index (χ0) is 11.3. The van der Waals surface area contributed by atoms with Gasteiger partial charge in [0.15, 0.2) is 0 Å². The fourth-order valence-corrected chi connectivity index (χ4v) is 1.76. The highest BCUT2D eigenvalue weighted by molar-refractivity contribution is 6.31. The zero-order valence-electron chi connectivity index (χ0n) is 9.13. The fraction of sp³-hybridized carbons (Fsp3) is 0.455. The van der Waals surface area contributed by atoms with Gasteiger partial charge in [-0.1, -0.05) is 17.7 Å². The topological polar surface area (TPSA) is 35.5 Å². The van der Waals surface area contributed by atoms with Crippen LogP contribution in [0.1, 0.15) is 5.56 Å². The van der Waals surface area contributed by atoms with Crippen molar-refractivity contribution in [3.8, 4) is 0 Å². The average molecular weight is 229 g/mol. The van der Waals surface area contributed by atoms with Crippen molar-refractivity contribution in [1.82, 2.24) is 5.32 Å². The summed E-state index contributed by atoms with van der Waals surface area (Å²) in [5.74, 6) is 0. The lowest BCUT2D eigenvalue weighted by Gasteiger charge is -2.22. The van der Waals surface area contributed by atoms with Gasteiger partial charge < -0.3 is 15.3 Å². The molecule has 1 aromatic carbocycles. The van der Waals surface area contributed by atoms with Crippen LogP contribution >= 0.6 is 11.6 Å². The maximum Gasteiger partial charge on any atom is 0.0606 e. The predicted molar refractivity (Wildman–Crippen MR) is 64.6 cm³/mol. The SMILES string of the molecule is CNCc1c(Cl)cccc1N(C)CCO. The van der Waals surface area contributed by atoms with Crippen molar-refractivity contribution in [2.24, 2.45) is 0 Å². The van der Waals surface area contributed by atoms with Crippen molar-refractivity contribution in [1.29, 1.82) is 0 Å². The molecule has 1 aromatic rings. The van der Waals surface area contributed by atoms with E-state index in [-0.39, 0.29) is 6.61 Å². The van der Waals surface area contributed by atoms with Crippen LogP contribution in [0, 0.1) is 0 Å². The van der Waals surface area contributed by atoms with E-state index in [0.29, 0.717) is 6.54 Å². The molecule has 0 heterocycles. The van der Waals surface area contributed by atoms with Crippen molar-refractivity contribution >= 4 is 17.3 Å². The minimum absolute atomic E-state index is 0.141. The lowest BCUT2D eigenvalue weighted by Crippen LogP contribution is -2.23. The van der Waals surface area contributed by atoms with E-state index in [4.69, 9.17) is 16.7 Å². The van der Waals surface area contributed by atoms with Gasteiger partial charge in [0, 0.05) is 36.4 Å². The lowest BCUT2D eigenvalue weighted by molar-refractivity contribution is 0.304. The Morgan fingerprint density at radius 1 is 1.47 bits per heavy atom. The summed E-state index contributed by atoms with van der Waals surface area (Å²) < 4.78 is 0. The van der Waals surface area contributed by atoms with E-state index in [9.17, 15) is 0 Å². The van der Waals surface area contributed by atoms with E-state index in [1.54, 1.807) is 0 Å². The van der Waals surface area contributed by atoms with Crippen LogP contribution in [0.4, 0.5) is 5.69 Å². The van der Waals surface area contributed by atoms with Gasteiger partial charge in [-0.2, -0.15) is 0 Å². The molecule has 15 heavy (non-hydrogen) atoms. The summed E-state index contributed by atoms with van der Waals surface area (Å²) >= 11 is 6.12. The van der Waals surface area contributed by atoms with E-state index in [1.807, 2.05) is 37.2 Å². The molecule has 0 saturated carbocycles. The van der Waals surface area contributed by atoms with Gasteiger partial charge in [0.25, 0.3) is 0 Å². The lowest BCUT2D eigenvalue weighted by atomic mass is 10.1. The van der Waals surface area contributed by atoms with E-state index in [2.05, 4.69) is 5.32 Å². The number of rotatable bonds is 5. The van der Waals surface area contributed by atoms with Crippen molar-refractivity contribution < 1.29 is 5.11 Å². The van der Waals surface area contributed by atoms with Gasteiger partial charge in [0.1, 0.15) is 0 Å². The highest BCUT2D eigenvalue weighted by Gasteiger charge is 2.09. The molecule has 4 heteroatoms. The second-order valence-electron chi connectivity index (χ2n) is 3.41. The Morgan fingerprint density at radius 3 is 2.80 bits per heavy atom. The van der Waals surface area contributed by atoms with Gasteiger partial charge in [-0.15, -0.1) is 0 Å². The molecule has 0 aliphatic carbocycles. The van der Waals surface area contributed by atoms with Gasteiger partial charge in [-0.05, 0) is 19.2 Å². The smallest absolute Gasteiger partial charge is 0.0606 e. The molecule has 0 amide bonds. The summed E-state index contributed by atoms with van der Waals surface area (Å²) in [5, 5.41) is 12.7. The maximum atomic E-state index is 8.90. The van der Waals surface area contributed by atoms with Crippen LogP contribution < -0.4 is 10.2 Å². The van der Waals surface area contributed by atoms with Gasteiger partial charge in [-0.25, -0.2) is 0 Å². The van der Waals surface area contributed by atoms with Crippen LogP contribution in [0.3, 0.4) is 0 Å². The summed E-state index contributed by atoms with van der Waals surface area (Å²) in [6.07, 6.45) is 0. The molecular formula is C11H17ClN2O. The molecule has 0 radical (unpaired) electrons. The molecule has 2 N–H and O–H groups in total. The van der Waals surface area contributed by atoms with Crippen LogP contribution in [0.15, 0.2) is 18.2 Å². The third kappa shape index (κ3) is 3.09. The number of anilines is 1. The Morgan fingerprint density at radius 2 is 2.20 bits per heavy atom. The molecule has 84 valence electrons. The van der Waals surface area contributed by atoms with Gasteiger partial charge >= 0.3 is 0 Å². The number of hydrogen-bond acceptors (Lipinski definition) is 3. The first kappa shape index (κ1) is 12.3. The Balaban J connectivity index is 2.99. The molecule has 0 atom stereocenters. The molecular weight excluding hydrogens is 212 g/mol. The number of aliphatic hydroxyl groups excluding tert-OH is 1. The molecule has 0 unspecified atom stereocenters. The van der Waals surface area contributed by atoms with Crippen LogP contribution in [-0.2, 0) is 6.54 Å². The van der Waals surface area contributed by atoms with Crippen LogP contribution in [-0.4, -0.2) is 32.4 Å². The monoisotopic (exact) mass is 228 g/mol. The second kappa shape index (κ2) is 5.95. The van der Waals surface area contributed by atoms with Gasteiger partial charge in [0.05, 0.1) is 6.61 Å². The van der Waals surface area contributed by atoms with Crippen molar-refractivity contribution in [2.45, 2.75) is 6.54 Å². The highest BCUT2D eigenvalue weighted by Crippen LogP contribution is 2.26. The Labute approximate surface area is 95.7 Å². The number of likely N-dealkylation sites (N-methyl/N-ethyl adjacent to an activating group) is 1. The first-order chi connectivity index (χ1) is 7.20. The van der Waals surface area contributed by atoms with E-state index in [0.717, 1.165) is 22.8 Å². The Kier molecular flexibility index (Phi) is 4.88. The molecule has 0 spiro atoms. The molecule has 1 rings (SSSR count). The average Bonchev–Trinajstić information content (AvgIpc) is 2.21. The third-order valence-corrected chi connectivity index (χ3v) is 2.65. The summed E-state index contributed by atoms with van der Waals surface area (Å²) in [4.78, 5) is 2.00. The van der Waals surface area contributed by atoms with Crippen molar-refractivity contribution in [3.05, 3.63) is 28.8 Å². The van der Waals surface area contributed by atoms with E-state index >= 15 is 0 Å². The third-order valence-electron chi connectivity index (χ3n) is 2.29. The largest absolute Gasteiger partial charge is 0.395 e. The minimum Gasteiger partial charge on any atom is -0.395 e. The van der Waals surface area contributed by atoms with Gasteiger partial charge in [-0.3, -0.25) is 0 Å². The van der Waals surface area contributed by atoms with Crippen LogP contribution in [0.5, 0.6) is 0 Å². The predicted octanol–water partition coefficient (Wildman–Crippen LogP) is 1.49. The number of benzene rings is 1.